The number of nitrogens with one attached hydrogen (secondary N) is 1. The summed E-state index contributed by atoms with van der Waals surface area (Å²) in [6.45, 7) is 0.430. The maximum atomic E-state index is 11.8. The van der Waals surface area contributed by atoms with E-state index in [0.717, 1.165) is 5.56 Å². The second-order valence-corrected chi connectivity index (χ2v) is 4.43. The number of aryl methyl sites for hydroxylation is 1. The van der Waals surface area contributed by atoms with Gasteiger partial charge in [-0.2, -0.15) is 0 Å². The second-order valence-electron chi connectivity index (χ2n) is 4.43. The fraction of sp³-hybridized carbons (Fsp3) is 0.500. The molecular weight excluding hydrogens is 244 g/mol. The van der Waals surface area contributed by atoms with Crippen molar-refractivity contribution in [2.24, 2.45) is 0 Å². The number of nitrogens with two attached hydrogens (primary N) is 1. The molecular formula is C14H22N2O3. The van der Waals surface area contributed by atoms with Gasteiger partial charge in [0.1, 0.15) is 0 Å². The maximum absolute atomic E-state index is 11.8. The number of ether oxygens (including phenoxy) is 1. The molecule has 106 valence electrons. The molecule has 0 heterocycles. The van der Waals surface area contributed by atoms with Crippen LogP contribution in [-0.2, 0) is 16.0 Å². The van der Waals surface area contributed by atoms with Crippen molar-refractivity contribution >= 4 is 11.6 Å². The number of anilines is 1. The first-order chi connectivity index (χ1) is 9.17. The highest BCUT2D eigenvalue weighted by molar-refractivity contribution is 5.76. The van der Waals surface area contributed by atoms with Crippen LogP contribution in [0.25, 0.3) is 0 Å². The quantitative estimate of drug-likeness (QED) is 0.605. The predicted molar refractivity (Wildman–Crippen MR) is 74.7 cm³/mol. The van der Waals surface area contributed by atoms with Crippen LogP contribution >= 0.6 is 0 Å². The van der Waals surface area contributed by atoms with Crippen molar-refractivity contribution in [1.82, 2.24) is 5.32 Å². The average Bonchev–Trinajstić information content (AvgIpc) is 2.38. The van der Waals surface area contributed by atoms with Crippen molar-refractivity contribution in [2.45, 2.75) is 25.3 Å². The number of hydrogen-bond acceptors (Lipinski definition) is 4. The lowest BCUT2D eigenvalue weighted by molar-refractivity contribution is -0.122. The van der Waals surface area contributed by atoms with Crippen molar-refractivity contribution in [3.63, 3.8) is 0 Å². The molecule has 0 saturated carbocycles. The molecule has 1 unspecified atom stereocenters. The SMILES string of the molecule is COCC(CCO)NC(=O)CCc1ccccc1N. The third-order valence-corrected chi connectivity index (χ3v) is 2.89. The Morgan fingerprint density at radius 2 is 2.21 bits per heavy atom. The van der Waals surface area contributed by atoms with Gasteiger partial charge >= 0.3 is 0 Å². The Morgan fingerprint density at radius 3 is 2.84 bits per heavy atom. The van der Waals surface area contributed by atoms with Gasteiger partial charge in [0.15, 0.2) is 0 Å². The van der Waals surface area contributed by atoms with Gasteiger partial charge in [0.2, 0.25) is 5.91 Å². The van der Waals surface area contributed by atoms with Crippen LogP contribution in [0.15, 0.2) is 24.3 Å². The molecule has 0 saturated heterocycles. The van der Waals surface area contributed by atoms with E-state index in [1.165, 1.54) is 0 Å². The number of hydrogen-bond donors (Lipinski definition) is 3. The molecule has 0 radical (unpaired) electrons. The smallest absolute Gasteiger partial charge is 0.220 e. The zero-order chi connectivity index (χ0) is 14.1. The number of rotatable bonds is 8. The van der Waals surface area contributed by atoms with Gasteiger partial charge in [0, 0.05) is 25.8 Å². The minimum atomic E-state index is -0.143. The third-order valence-electron chi connectivity index (χ3n) is 2.89. The molecule has 0 aliphatic carbocycles. The Bertz CT molecular complexity index is 390. The number of para-hydroxylation sites is 1. The summed E-state index contributed by atoms with van der Waals surface area (Å²) in [7, 11) is 1.57. The first-order valence-corrected chi connectivity index (χ1v) is 6.40. The molecule has 0 spiro atoms. The highest BCUT2D eigenvalue weighted by atomic mass is 16.5. The van der Waals surface area contributed by atoms with Gasteiger partial charge in [-0.25, -0.2) is 0 Å². The number of aliphatic hydroxyl groups excluding tert-OH is 1. The Balaban J connectivity index is 2.40. The monoisotopic (exact) mass is 266 g/mol. The van der Waals surface area contributed by atoms with Crippen molar-refractivity contribution in [3.8, 4) is 0 Å². The number of methoxy groups -OCH3 is 1. The summed E-state index contributed by atoms with van der Waals surface area (Å²) in [5, 5.41) is 11.7. The molecule has 4 N–H and O–H groups in total. The van der Waals surface area contributed by atoms with Gasteiger partial charge in [-0.1, -0.05) is 18.2 Å². The van der Waals surface area contributed by atoms with E-state index in [2.05, 4.69) is 5.32 Å². The number of amides is 1. The van der Waals surface area contributed by atoms with Gasteiger partial charge in [-0.05, 0) is 24.5 Å². The van der Waals surface area contributed by atoms with E-state index in [4.69, 9.17) is 15.6 Å². The van der Waals surface area contributed by atoms with Crippen LogP contribution < -0.4 is 11.1 Å². The number of carbonyl (C=O) groups is 1. The Labute approximate surface area is 113 Å². The molecule has 1 aromatic rings. The van der Waals surface area contributed by atoms with Gasteiger partial charge in [-0.15, -0.1) is 0 Å². The number of nitrogen functional groups attached to an aromatic ring is 1. The molecule has 0 bridgehead atoms. The second kappa shape index (κ2) is 8.50. The van der Waals surface area contributed by atoms with E-state index >= 15 is 0 Å². The highest BCUT2D eigenvalue weighted by Crippen LogP contribution is 2.12. The Kier molecular flexibility index (Phi) is 6.92. The molecule has 1 amide bonds. The van der Waals surface area contributed by atoms with Crippen molar-refractivity contribution < 1.29 is 14.6 Å². The topological polar surface area (TPSA) is 84.6 Å². The minimum Gasteiger partial charge on any atom is -0.399 e. The number of aliphatic hydroxyl groups is 1. The van der Waals surface area contributed by atoms with Crippen molar-refractivity contribution in [3.05, 3.63) is 29.8 Å². The fourth-order valence-corrected chi connectivity index (χ4v) is 1.86. The number of benzene rings is 1. The summed E-state index contributed by atoms with van der Waals surface area (Å²) in [6.07, 6.45) is 1.48. The maximum Gasteiger partial charge on any atom is 0.220 e. The van der Waals surface area contributed by atoms with Crippen LogP contribution in [0.3, 0.4) is 0 Å². The molecule has 0 aromatic heterocycles. The Morgan fingerprint density at radius 1 is 1.47 bits per heavy atom. The van der Waals surface area contributed by atoms with Gasteiger partial charge in [0.25, 0.3) is 0 Å². The molecule has 19 heavy (non-hydrogen) atoms. The van der Waals surface area contributed by atoms with E-state index in [-0.39, 0.29) is 18.6 Å². The van der Waals surface area contributed by atoms with Crippen LogP contribution in [0.5, 0.6) is 0 Å². The van der Waals surface area contributed by atoms with Crippen molar-refractivity contribution in [2.75, 3.05) is 26.1 Å². The van der Waals surface area contributed by atoms with E-state index in [1.54, 1.807) is 7.11 Å². The van der Waals surface area contributed by atoms with E-state index in [0.29, 0.717) is 31.6 Å². The van der Waals surface area contributed by atoms with E-state index < -0.39 is 0 Å². The molecule has 1 aromatic carbocycles. The van der Waals surface area contributed by atoms with Crippen LogP contribution in [0.1, 0.15) is 18.4 Å². The van der Waals surface area contributed by atoms with Crippen LogP contribution in [0.2, 0.25) is 0 Å². The normalized spacial score (nSPS) is 12.1. The van der Waals surface area contributed by atoms with Crippen LogP contribution in [0, 0.1) is 0 Å². The van der Waals surface area contributed by atoms with Gasteiger partial charge in [0.05, 0.1) is 12.6 Å². The fourth-order valence-electron chi connectivity index (χ4n) is 1.86. The molecule has 0 fully saturated rings. The highest BCUT2D eigenvalue weighted by Gasteiger charge is 2.12. The van der Waals surface area contributed by atoms with Crippen molar-refractivity contribution in [1.29, 1.82) is 0 Å². The minimum absolute atomic E-state index is 0.0277. The van der Waals surface area contributed by atoms with Crippen LogP contribution in [-0.4, -0.2) is 37.4 Å². The molecule has 5 nitrogen and oxygen atoms in total. The summed E-state index contributed by atoms with van der Waals surface area (Å²) in [6, 6.07) is 7.38. The first kappa shape index (κ1) is 15.5. The molecule has 5 heteroatoms. The predicted octanol–water partition coefficient (Wildman–Crippen LogP) is 0.715. The molecule has 0 aliphatic heterocycles. The molecule has 0 aliphatic rings. The largest absolute Gasteiger partial charge is 0.399 e. The zero-order valence-electron chi connectivity index (χ0n) is 11.3. The first-order valence-electron chi connectivity index (χ1n) is 6.40. The zero-order valence-corrected chi connectivity index (χ0v) is 11.3. The summed E-state index contributed by atoms with van der Waals surface area (Å²) in [5.74, 6) is -0.0567. The number of carbonyl (C=O) groups excluding carboxylic acids is 1. The summed E-state index contributed by atoms with van der Waals surface area (Å²) in [4.78, 5) is 11.8. The van der Waals surface area contributed by atoms with E-state index in [1.807, 2.05) is 24.3 Å². The molecule has 1 atom stereocenters. The van der Waals surface area contributed by atoms with Crippen LogP contribution in [0.4, 0.5) is 5.69 Å². The summed E-state index contributed by atoms with van der Waals surface area (Å²) < 4.78 is 4.99. The summed E-state index contributed by atoms with van der Waals surface area (Å²) in [5.41, 5.74) is 7.50. The van der Waals surface area contributed by atoms with Gasteiger partial charge < -0.3 is 20.9 Å². The van der Waals surface area contributed by atoms with E-state index in [9.17, 15) is 4.79 Å². The van der Waals surface area contributed by atoms with Gasteiger partial charge in [-0.3, -0.25) is 4.79 Å². The standard InChI is InChI=1S/C14H22N2O3/c1-19-10-12(8-9-17)16-14(18)7-6-11-4-2-3-5-13(11)15/h2-5,12,17H,6-10,15H2,1H3,(H,16,18). The molecule has 1 rings (SSSR count). The summed E-state index contributed by atoms with van der Waals surface area (Å²) >= 11 is 0. The third kappa shape index (κ3) is 5.72. The lowest BCUT2D eigenvalue weighted by Crippen LogP contribution is -2.38. The lowest BCUT2D eigenvalue weighted by atomic mass is 10.1. The average molecular weight is 266 g/mol. The lowest BCUT2D eigenvalue weighted by Gasteiger charge is -2.16. The Hall–Kier alpha value is -1.59.